The van der Waals surface area contributed by atoms with E-state index >= 15 is 0 Å². The molecule has 2 aliphatic rings. The van der Waals surface area contributed by atoms with Gasteiger partial charge in [-0.3, -0.25) is 4.79 Å². The predicted molar refractivity (Wildman–Crippen MR) is 86.8 cm³/mol. The van der Waals surface area contributed by atoms with E-state index in [2.05, 4.69) is 48.1 Å². The van der Waals surface area contributed by atoms with Gasteiger partial charge in [0, 0.05) is 43.5 Å². The first kappa shape index (κ1) is 14.4. The maximum absolute atomic E-state index is 12.0. The van der Waals surface area contributed by atoms with Crippen molar-refractivity contribution in [3.05, 3.63) is 23.8 Å². The Kier molecular flexibility index (Phi) is 3.89. The molecule has 4 nitrogen and oxygen atoms in total. The summed E-state index contributed by atoms with van der Waals surface area (Å²) in [7, 11) is 2.17. The maximum Gasteiger partial charge on any atom is 0.227 e. The Labute approximate surface area is 127 Å². The van der Waals surface area contributed by atoms with Gasteiger partial charge in [0.2, 0.25) is 5.91 Å². The van der Waals surface area contributed by atoms with Gasteiger partial charge in [-0.1, -0.05) is 6.92 Å². The molecule has 3 rings (SSSR count). The zero-order chi connectivity index (χ0) is 15.0. The number of nitrogens with zero attached hydrogens (tertiary/aromatic N) is 2. The molecule has 21 heavy (non-hydrogen) atoms. The zero-order valence-electron chi connectivity index (χ0n) is 13.2. The van der Waals surface area contributed by atoms with Crippen LogP contribution in [-0.2, 0) is 4.79 Å². The van der Waals surface area contributed by atoms with Crippen LogP contribution in [0.2, 0.25) is 0 Å². The standard InChI is InChI=1S/C17H25N3O/c1-12-11-15(12)17(21)18-14-4-5-16(13(2)10-14)20-8-6-19(3)7-9-20/h4-5,10,12,15H,6-9,11H2,1-3H3,(H,18,21)/t12-,15+/m1/s1. The molecule has 0 spiro atoms. The van der Waals surface area contributed by atoms with Crippen molar-refractivity contribution in [2.24, 2.45) is 11.8 Å². The first-order chi connectivity index (χ1) is 10.0. The summed E-state index contributed by atoms with van der Waals surface area (Å²) in [5.41, 5.74) is 3.46. The van der Waals surface area contributed by atoms with Gasteiger partial charge in [-0.25, -0.2) is 0 Å². The van der Waals surface area contributed by atoms with Crippen molar-refractivity contribution in [1.82, 2.24) is 4.90 Å². The number of carbonyl (C=O) groups excluding carboxylic acids is 1. The lowest BCUT2D eigenvalue weighted by Gasteiger charge is -2.35. The minimum absolute atomic E-state index is 0.175. The van der Waals surface area contributed by atoms with Crippen LogP contribution >= 0.6 is 0 Å². The average molecular weight is 287 g/mol. The lowest BCUT2D eigenvalue weighted by molar-refractivity contribution is -0.117. The third-order valence-corrected chi connectivity index (χ3v) is 4.75. The summed E-state index contributed by atoms with van der Waals surface area (Å²) >= 11 is 0. The fourth-order valence-corrected chi connectivity index (χ4v) is 3.06. The molecule has 1 N–H and O–H groups in total. The molecule has 1 saturated carbocycles. The molecule has 1 aromatic carbocycles. The van der Waals surface area contributed by atoms with Crippen molar-refractivity contribution in [2.75, 3.05) is 43.4 Å². The highest BCUT2D eigenvalue weighted by Gasteiger charge is 2.39. The van der Waals surface area contributed by atoms with Crippen LogP contribution in [0.25, 0.3) is 0 Å². The highest BCUT2D eigenvalue weighted by atomic mass is 16.2. The number of hydrogen-bond acceptors (Lipinski definition) is 3. The monoisotopic (exact) mass is 287 g/mol. The smallest absolute Gasteiger partial charge is 0.227 e. The summed E-state index contributed by atoms with van der Waals surface area (Å²) in [5, 5.41) is 3.05. The topological polar surface area (TPSA) is 35.6 Å². The van der Waals surface area contributed by atoms with Crippen LogP contribution in [0.3, 0.4) is 0 Å². The van der Waals surface area contributed by atoms with Crippen LogP contribution in [0.1, 0.15) is 18.9 Å². The molecule has 0 unspecified atom stereocenters. The van der Waals surface area contributed by atoms with E-state index in [-0.39, 0.29) is 11.8 Å². The minimum Gasteiger partial charge on any atom is -0.369 e. The Bertz CT molecular complexity index is 535. The second-order valence-corrected chi connectivity index (χ2v) is 6.60. The van der Waals surface area contributed by atoms with Crippen LogP contribution in [0.5, 0.6) is 0 Å². The lowest BCUT2D eigenvalue weighted by Crippen LogP contribution is -2.44. The van der Waals surface area contributed by atoms with Crippen LogP contribution < -0.4 is 10.2 Å². The summed E-state index contributed by atoms with van der Waals surface area (Å²) in [6, 6.07) is 6.27. The first-order valence-electron chi connectivity index (χ1n) is 7.89. The fourth-order valence-electron chi connectivity index (χ4n) is 3.06. The van der Waals surface area contributed by atoms with Gasteiger partial charge in [0.05, 0.1) is 0 Å². The summed E-state index contributed by atoms with van der Waals surface area (Å²) in [5.74, 6) is 0.951. The number of hydrogen-bond donors (Lipinski definition) is 1. The van der Waals surface area contributed by atoms with E-state index in [9.17, 15) is 4.79 Å². The van der Waals surface area contributed by atoms with Gasteiger partial charge in [0.1, 0.15) is 0 Å². The van der Waals surface area contributed by atoms with Gasteiger partial charge in [0.15, 0.2) is 0 Å². The quantitative estimate of drug-likeness (QED) is 0.927. The van der Waals surface area contributed by atoms with Gasteiger partial charge in [-0.15, -0.1) is 0 Å². The van der Waals surface area contributed by atoms with Gasteiger partial charge < -0.3 is 15.1 Å². The normalized spacial score (nSPS) is 25.8. The Morgan fingerprint density at radius 3 is 2.48 bits per heavy atom. The predicted octanol–water partition coefficient (Wildman–Crippen LogP) is 2.34. The van der Waals surface area contributed by atoms with Crippen LogP contribution in [0.15, 0.2) is 18.2 Å². The number of likely N-dealkylation sites (N-methyl/N-ethyl adjacent to an activating group) is 1. The summed E-state index contributed by atoms with van der Waals surface area (Å²) < 4.78 is 0. The molecule has 0 bridgehead atoms. The Morgan fingerprint density at radius 1 is 1.24 bits per heavy atom. The molecule has 2 fully saturated rings. The molecule has 114 valence electrons. The van der Waals surface area contributed by atoms with Crippen LogP contribution in [-0.4, -0.2) is 44.0 Å². The highest BCUT2D eigenvalue weighted by Crippen LogP contribution is 2.38. The molecule has 1 aliphatic heterocycles. The van der Waals surface area contributed by atoms with E-state index in [0.29, 0.717) is 5.92 Å². The molecule has 2 atom stereocenters. The van der Waals surface area contributed by atoms with E-state index in [0.717, 1.165) is 38.3 Å². The van der Waals surface area contributed by atoms with E-state index < -0.39 is 0 Å². The average Bonchev–Trinajstić information content (AvgIpc) is 3.18. The van der Waals surface area contributed by atoms with Gasteiger partial charge >= 0.3 is 0 Å². The lowest BCUT2D eigenvalue weighted by atomic mass is 10.1. The number of anilines is 2. The summed E-state index contributed by atoms with van der Waals surface area (Å²) in [4.78, 5) is 16.8. The Hall–Kier alpha value is -1.55. The second kappa shape index (κ2) is 5.68. The molecule has 1 amide bonds. The van der Waals surface area contributed by atoms with Crippen molar-refractivity contribution >= 4 is 17.3 Å². The fraction of sp³-hybridized carbons (Fsp3) is 0.588. The van der Waals surface area contributed by atoms with Crippen LogP contribution in [0.4, 0.5) is 11.4 Å². The number of rotatable bonds is 3. The van der Waals surface area contributed by atoms with Gasteiger partial charge in [-0.2, -0.15) is 0 Å². The third-order valence-electron chi connectivity index (χ3n) is 4.75. The highest BCUT2D eigenvalue weighted by molar-refractivity contribution is 5.94. The van der Waals surface area contributed by atoms with Crippen molar-refractivity contribution < 1.29 is 4.79 Å². The summed E-state index contributed by atoms with van der Waals surface area (Å²) in [6.45, 7) is 8.62. The summed E-state index contributed by atoms with van der Waals surface area (Å²) in [6.07, 6.45) is 1.03. The molecule has 4 heteroatoms. The van der Waals surface area contributed by atoms with Gasteiger partial charge in [-0.05, 0) is 50.1 Å². The molecule has 1 saturated heterocycles. The Morgan fingerprint density at radius 2 is 1.90 bits per heavy atom. The van der Waals surface area contributed by atoms with Crippen LogP contribution in [0, 0.1) is 18.8 Å². The number of benzene rings is 1. The van der Waals surface area contributed by atoms with Crippen molar-refractivity contribution in [3.63, 3.8) is 0 Å². The second-order valence-electron chi connectivity index (χ2n) is 6.60. The third kappa shape index (κ3) is 3.21. The molecular weight excluding hydrogens is 262 g/mol. The van der Waals surface area contributed by atoms with Crippen molar-refractivity contribution in [3.8, 4) is 0 Å². The largest absolute Gasteiger partial charge is 0.369 e. The van der Waals surface area contributed by atoms with E-state index in [4.69, 9.17) is 0 Å². The molecular formula is C17H25N3O. The van der Waals surface area contributed by atoms with Crippen molar-refractivity contribution in [2.45, 2.75) is 20.3 Å². The van der Waals surface area contributed by atoms with Gasteiger partial charge in [0.25, 0.3) is 0 Å². The van der Waals surface area contributed by atoms with E-state index in [1.807, 2.05) is 6.07 Å². The number of carbonyl (C=O) groups is 1. The number of piperazine rings is 1. The SMILES string of the molecule is Cc1cc(NC(=O)[C@H]2C[C@H]2C)ccc1N1CCN(C)CC1. The number of nitrogens with one attached hydrogen (secondary N) is 1. The molecule has 0 aromatic heterocycles. The number of aryl methyl sites for hydroxylation is 1. The maximum atomic E-state index is 12.0. The minimum atomic E-state index is 0.175. The molecule has 1 aromatic rings. The molecule has 1 aliphatic carbocycles. The first-order valence-corrected chi connectivity index (χ1v) is 7.89. The zero-order valence-corrected chi connectivity index (χ0v) is 13.2. The molecule has 0 radical (unpaired) electrons. The van der Waals surface area contributed by atoms with E-state index in [1.54, 1.807) is 0 Å². The molecule has 1 heterocycles. The Balaban J connectivity index is 1.66. The van der Waals surface area contributed by atoms with Crippen molar-refractivity contribution in [1.29, 1.82) is 0 Å². The van der Waals surface area contributed by atoms with E-state index in [1.165, 1.54) is 11.3 Å². The number of amides is 1.